The first kappa shape index (κ1) is 11.5. The summed E-state index contributed by atoms with van der Waals surface area (Å²) in [4.78, 5) is 0. The predicted molar refractivity (Wildman–Crippen MR) is 62.5 cm³/mol. The van der Waals surface area contributed by atoms with Gasteiger partial charge in [-0.1, -0.05) is 22.9 Å². The number of hydrogen-bond acceptors (Lipinski definition) is 2. The van der Waals surface area contributed by atoms with Crippen LogP contribution in [-0.4, -0.2) is 6.61 Å². The Kier molecular flexibility index (Phi) is 4.42. The smallest absolute Gasteiger partial charge is 0.124 e. The molecular weight excluding hydrogens is 242 g/mol. The molecule has 0 aliphatic rings. The molecule has 2 N–H and O–H groups in total. The van der Waals surface area contributed by atoms with Crippen LogP contribution < -0.4 is 10.5 Å². The second-order valence-electron chi connectivity index (χ2n) is 3.13. The van der Waals surface area contributed by atoms with E-state index < -0.39 is 0 Å². The van der Waals surface area contributed by atoms with Gasteiger partial charge in [-0.05, 0) is 31.5 Å². The Hall–Kier alpha value is -0.540. The highest BCUT2D eigenvalue weighted by atomic mass is 79.9. The Labute approximate surface area is 93.6 Å². The number of nitrogens with two attached hydrogens (primary N) is 1. The molecule has 0 amide bonds. The molecular formula is C11H16BrNO. The number of halogens is 1. The van der Waals surface area contributed by atoms with Crippen molar-refractivity contribution in [2.45, 2.75) is 26.3 Å². The van der Waals surface area contributed by atoms with Crippen molar-refractivity contribution in [1.29, 1.82) is 0 Å². The standard InChI is InChI=1S/C11H16BrNO/c1-3-10(13)9-7-8(12)5-6-11(9)14-4-2/h5-7,10H,3-4,13H2,1-2H3. The highest BCUT2D eigenvalue weighted by molar-refractivity contribution is 9.10. The SMILES string of the molecule is CCOc1ccc(Br)cc1C(N)CC. The van der Waals surface area contributed by atoms with Gasteiger partial charge in [0.05, 0.1) is 6.61 Å². The lowest BCUT2D eigenvalue weighted by atomic mass is 10.0. The Balaban J connectivity index is 3.02. The van der Waals surface area contributed by atoms with Crippen LogP contribution in [0.2, 0.25) is 0 Å². The van der Waals surface area contributed by atoms with E-state index in [0.29, 0.717) is 6.61 Å². The van der Waals surface area contributed by atoms with E-state index in [0.717, 1.165) is 22.2 Å². The van der Waals surface area contributed by atoms with Crippen molar-refractivity contribution < 1.29 is 4.74 Å². The largest absolute Gasteiger partial charge is 0.494 e. The molecule has 0 aromatic heterocycles. The molecule has 0 spiro atoms. The van der Waals surface area contributed by atoms with Crippen molar-refractivity contribution in [3.8, 4) is 5.75 Å². The molecule has 0 saturated carbocycles. The molecule has 1 unspecified atom stereocenters. The Morgan fingerprint density at radius 2 is 2.14 bits per heavy atom. The molecule has 78 valence electrons. The molecule has 3 heteroatoms. The minimum absolute atomic E-state index is 0.0500. The van der Waals surface area contributed by atoms with Crippen LogP contribution in [0.4, 0.5) is 0 Å². The van der Waals surface area contributed by atoms with Crippen molar-refractivity contribution in [1.82, 2.24) is 0 Å². The van der Waals surface area contributed by atoms with Gasteiger partial charge < -0.3 is 10.5 Å². The first-order valence-corrected chi connectivity index (χ1v) is 5.66. The molecule has 1 rings (SSSR count). The van der Waals surface area contributed by atoms with E-state index in [1.807, 2.05) is 25.1 Å². The number of hydrogen-bond donors (Lipinski definition) is 1. The summed E-state index contributed by atoms with van der Waals surface area (Å²) in [6.07, 6.45) is 0.913. The van der Waals surface area contributed by atoms with Gasteiger partial charge in [-0.3, -0.25) is 0 Å². The maximum absolute atomic E-state index is 5.99. The molecule has 0 radical (unpaired) electrons. The van der Waals surface area contributed by atoms with Crippen molar-refractivity contribution in [2.24, 2.45) is 5.73 Å². The van der Waals surface area contributed by atoms with Crippen molar-refractivity contribution in [3.05, 3.63) is 28.2 Å². The van der Waals surface area contributed by atoms with Crippen molar-refractivity contribution in [3.63, 3.8) is 0 Å². The highest BCUT2D eigenvalue weighted by Gasteiger charge is 2.10. The Bertz CT molecular complexity index is 301. The lowest BCUT2D eigenvalue weighted by Gasteiger charge is -2.15. The summed E-state index contributed by atoms with van der Waals surface area (Å²) in [5.41, 5.74) is 7.07. The molecule has 0 heterocycles. The fourth-order valence-electron chi connectivity index (χ4n) is 1.32. The zero-order valence-corrected chi connectivity index (χ0v) is 10.2. The average molecular weight is 258 g/mol. The molecule has 1 atom stereocenters. The van der Waals surface area contributed by atoms with Crippen molar-refractivity contribution >= 4 is 15.9 Å². The van der Waals surface area contributed by atoms with Gasteiger partial charge in [0.15, 0.2) is 0 Å². The van der Waals surface area contributed by atoms with Gasteiger partial charge in [-0.25, -0.2) is 0 Å². The van der Waals surface area contributed by atoms with Crippen LogP contribution in [0, 0.1) is 0 Å². The fraction of sp³-hybridized carbons (Fsp3) is 0.455. The number of benzene rings is 1. The van der Waals surface area contributed by atoms with Crippen LogP contribution in [0.1, 0.15) is 31.9 Å². The van der Waals surface area contributed by atoms with Crippen molar-refractivity contribution in [2.75, 3.05) is 6.61 Å². The predicted octanol–water partition coefficient (Wildman–Crippen LogP) is 3.26. The maximum Gasteiger partial charge on any atom is 0.124 e. The van der Waals surface area contributed by atoms with E-state index >= 15 is 0 Å². The summed E-state index contributed by atoms with van der Waals surface area (Å²) in [5.74, 6) is 0.894. The van der Waals surface area contributed by atoms with Gasteiger partial charge in [0, 0.05) is 16.1 Å². The summed E-state index contributed by atoms with van der Waals surface area (Å²) < 4.78 is 6.56. The zero-order valence-electron chi connectivity index (χ0n) is 8.59. The molecule has 0 aliphatic heterocycles. The summed E-state index contributed by atoms with van der Waals surface area (Å²) in [5, 5.41) is 0. The van der Waals surface area contributed by atoms with Crippen LogP contribution in [-0.2, 0) is 0 Å². The quantitative estimate of drug-likeness (QED) is 0.899. The molecule has 14 heavy (non-hydrogen) atoms. The van der Waals surface area contributed by atoms with Crippen LogP contribution in [0.5, 0.6) is 5.75 Å². The van der Waals surface area contributed by atoms with Crippen LogP contribution >= 0.6 is 15.9 Å². The van der Waals surface area contributed by atoms with E-state index in [4.69, 9.17) is 10.5 Å². The summed E-state index contributed by atoms with van der Waals surface area (Å²) in [7, 11) is 0. The topological polar surface area (TPSA) is 35.2 Å². The molecule has 0 saturated heterocycles. The third-order valence-corrected chi connectivity index (χ3v) is 2.60. The van der Waals surface area contributed by atoms with Gasteiger partial charge in [0.2, 0.25) is 0 Å². The van der Waals surface area contributed by atoms with Gasteiger partial charge in [0.25, 0.3) is 0 Å². The summed E-state index contributed by atoms with van der Waals surface area (Å²) in [6.45, 7) is 4.72. The lowest BCUT2D eigenvalue weighted by Crippen LogP contribution is -2.10. The Morgan fingerprint density at radius 3 is 2.71 bits per heavy atom. The Morgan fingerprint density at radius 1 is 1.43 bits per heavy atom. The van der Waals surface area contributed by atoms with Gasteiger partial charge in [-0.15, -0.1) is 0 Å². The van der Waals surface area contributed by atoms with E-state index in [9.17, 15) is 0 Å². The second kappa shape index (κ2) is 5.37. The molecule has 0 fully saturated rings. The van der Waals surface area contributed by atoms with Crippen LogP contribution in [0.3, 0.4) is 0 Å². The molecule has 0 bridgehead atoms. The summed E-state index contributed by atoms with van der Waals surface area (Å²) >= 11 is 3.43. The highest BCUT2D eigenvalue weighted by Crippen LogP contribution is 2.28. The molecule has 2 nitrogen and oxygen atoms in total. The van der Waals surface area contributed by atoms with E-state index in [1.165, 1.54) is 0 Å². The lowest BCUT2D eigenvalue weighted by molar-refractivity contribution is 0.333. The second-order valence-corrected chi connectivity index (χ2v) is 4.05. The van der Waals surface area contributed by atoms with Gasteiger partial charge >= 0.3 is 0 Å². The average Bonchev–Trinajstić information content (AvgIpc) is 2.20. The van der Waals surface area contributed by atoms with Crippen LogP contribution in [0.25, 0.3) is 0 Å². The molecule has 1 aromatic carbocycles. The fourth-order valence-corrected chi connectivity index (χ4v) is 1.69. The third-order valence-electron chi connectivity index (χ3n) is 2.11. The zero-order chi connectivity index (χ0) is 10.6. The molecule has 0 aliphatic carbocycles. The minimum Gasteiger partial charge on any atom is -0.494 e. The third kappa shape index (κ3) is 2.72. The number of ether oxygens (including phenoxy) is 1. The maximum atomic E-state index is 5.99. The first-order chi connectivity index (χ1) is 6.69. The summed E-state index contributed by atoms with van der Waals surface area (Å²) in [6, 6.07) is 6.00. The van der Waals surface area contributed by atoms with E-state index in [1.54, 1.807) is 0 Å². The van der Waals surface area contributed by atoms with E-state index in [-0.39, 0.29) is 6.04 Å². The van der Waals surface area contributed by atoms with E-state index in [2.05, 4.69) is 22.9 Å². The minimum atomic E-state index is 0.0500. The monoisotopic (exact) mass is 257 g/mol. The van der Waals surface area contributed by atoms with Gasteiger partial charge in [0.1, 0.15) is 5.75 Å². The van der Waals surface area contributed by atoms with Gasteiger partial charge in [-0.2, -0.15) is 0 Å². The van der Waals surface area contributed by atoms with Crippen LogP contribution in [0.15, 0.2) is 22.7 Å². The normalized spacial score (nSPS) is 12.6. The first-order valence-electron chi connectivity index (χ1n) is 4.86. The number of rotatable bonds is 4. The molecule has 1 aromatic rings.